The fourth-order valence-electron chi connectivity index (χ4n) is 5.40. The minimum absolute atomic E-state index is 0.0974. The van der Waals surface area contributed by atoms with Crippen LogP contribution >= 0.6 is 15.9 Å². The molecule has 0 N–H and O–H groups in total. The molecule has 1 aromatic heterocycles. The largest absolute Gasteiger partial charge is 0.489 e. The summed E-state index contributed by atoms with van der Waals surface area (Å²) in [7, 11) is 0. The van der Waals surface area contributed by atoms with Crippen LogP contribution in [0.5, 0.6) is 5.75 Å². The molecular weight excluding hydrogens is 459 g/mol. The van der Waals surface area contributed by atoms with Crippen molar-refractivity contribution in [3.05, 3.63) is 64.5 Å². The average Bonchev–Trinajstić information content (AvgIpc) is 3.41. The van der Waals surface area contributed by atoms with Crippen molar-refractivity contribution in [3.8, 4) is 5.75 Å². The van der Waals surface area contributed by atoms with Gasteiger partial charge in [0.1, 0.15) is 17.7 Å². The summed E-state index contributed by atoms with van der Waals surface area (Å²) in [4.78, 5) is 14.7. The van der Waals surface area contributed by atoms with Gasteiger partial charge in [-0.15, -0.1) is 0 Å². The first-order valence-electron chi connectivity index (χ1n) is 11.0. The number of hydrogen-bond acceptors (Lipinski definition) is 3. The van der Waals surface area contributed by atoms with E-state index in [-0.39, 0.29) is 17.7 Å². The van der Waals surface area contributed by atoms with Crippen molar-refractivity contribution in [2.24, 2.45) is 0 Å². The van der Waals surface area contributed by atoms with Gasteiger partial charge < -0.3 is 9.30 Å². The molecule has 4 nitrogen and oxygen atoms in total. The lowest BCUT2D eigenvalue weighted by Gasteiger charge is -2.25. The second kappa shape index (κ2) is 8.40. The van der Waals surface area contributed by atoms with E-state index >= 15 is 0 Å². The van der Waals surface area contributed by atoms with Crippen LogP contribution in [0.15, 0.2) is 53.1 Å². The Balaban J connectivity index is 1.25. The van der Waals surface area contributed by atoms with E-state index in [0.29, 0.717) is 12.1 Å². The summed E-state index contributed by atoms with van der Waals surface area (Å²) in [5.41, 5.74) is 1.87. The Morgan fingerprint density at radius 3 is 2.74 bits per heavy atom. The number of hydrogen-bond donors (Lipinski definition) is 0. The molecule has 2 aliphatic heterocycles. The summed E-state index contributed by atoms with van der Waals surface area (Å²) in [6.45, 7) is 3.51. The Hall–Kier alpha value is -2.18. The predicted molar refractivity (Wildman–Crippen MR) is 123 cm³/mol. The lowest BCUT2D eigenvalue weighted by atomic mass is 9.98. The first-order chi connectivity index (χ1) is 15.0. The van der Waals surface area contributed by atoms with E-state index in [9.17, 15) is 9.18 Å². The Bertz CT molecular complexity index is 1110. The monoisotopic (exact) mass is 484 g/mol. The Kier molecular flexibility index (Phi) is 5.61. The number of aryl methyl sites for hydroxylation is 1. The minimum Gasteiger partial charge on any atom is -0.489 e. The highest BCUT2D eigenvalue weighted by Crippen LogP contribution is 2.40. The molecule has 0 radical (unpaired) electrons. The Morgan fingerprint density at radius 2 is 1.97 bits per heavy atom. The highest BCUT2D eigenvalue weighted by molar-refractivity contribution is 9.10. The van der Waals surface area contributed by atoms with Gasteiger partial charge in [-0.3, -0.25) is 9.69 Å². The summed E-state index contributed by atoms with van der Waals surface area (Å²) >= 11 is 3.66. The average molecular weight is 485 g/mol. The van der Waals surface area contributed by atoms with Crippen LogP contribution in [-0.2, 0) is 6.54 Å². The lowest BCUT2D eigenvalue weighted by molar-refractivity contribution is 0.101. The van der Waals surface area contributed by atoms with Crippen LogP contribution in [0.4, 0.5) is 4.39 Å². The number of halogens is 2. The van der Waals surface area contributed by atoms with E-state index in [1.54, 1.807) is 19.1 Å². The van der Waals surface area contributed by atoms with Crippen LogP contribution in [0.3, 0.4) is 0 Å². The van der Waals surface area contributed by atoms with Crippen molar-refractivity contribution in [1.29, 1.82) is 0 Å². The summed E-state index contributed by atoms with van der Waals surface area (Å²) in [6.07, 6.45) is 6.60. The number of carbonyl (C=O) groups is 1. The fraction of sp³-hybridized carbons (Fsp3) is 0.400. The fourth-order valence-corrected chi connectivity index (χ4v) is 6.00. The van der Waals surface area contributed by atoms with Crippen LogP contribution < -0.4 is 4.74 Å². The standard InChI is InChI=1S/C25H26BrFN2O2/c1-16(30)21-15-28(25-20(21)4-2-5-22(25)26)12-3-13-29-18-8-11-23(29)24(14-18)31-19-9-6-17(27)7-10-19/h2,4-7,9-10,15,18,23-24H,3,8,11-14H2,1H3. The van der Waals surface area contributed by atoms with Gasteiger partial charge in [-0.2, -0.15) is 0 Å². The van der Waals surface area contributed by atoms with Gasteiger partial charge in [0.05, 0.1) is 5.52 Å². The molecule has 3 aromatic rings. The SMILES string of the molecule is CC(=O)c1cn(CCCN2C3CCC2C(Oc2ccc(F)cc2)C3)c2c(Br)cccc12. The van der Waals surface area contributed by atoms with Gasteiger partial charge in [-0.05, 0) is 72.4 Å². The molecule has 162 valence electrons. The smallest absolute Gasteiger partial charge is 0.161 e. The third kappa shape index (κ3) is 3.92. The highest BCUT2D eigenvalue weighted by atomic mass is 79.9. The Morgan fingerprint density at radius 1 is 1.16 bits per heavy atom. The summed E-state index contributed by atoms with van der Waals surface area (Å²) in [5.74, 6) is 0.610. The summed E-state index contributed by atoms with van der Waals surface area (Å²) in [6, 6.07) is 13.4. The van der Waals surface area contributed by atoms with Gasteiger partial charge in [0.15, 0.2) is 5.78 Å². The molecule has 2 fully saturated rings. The topological polar surface area (TPSA) is 34.5 Å². The zero-order valence-electron chi connectivity index (χ0n) is 17.6. The van der Waals surface area contributed by atoms with Gasteiger partial charge in [-0.25, -0.2) is 4.39 Å². The van der Waals surface area contributed by atoms with E-state index in [1.165, 1.54) is 18.6 Å². The lowest BCUT2D eigenvalue weighted by Crippen LogP contribution is -2.36. The first-order valence-corrected chi connectivity index (χ1v) is 11.8. The number of benzene rings is 2. The van der Waals surface area contributed by atoms with Gasteiger partial charge in [-0.1, -0.05) is 12.1 Å². The second-order valence-corrected chi connectivity index (χ2v) is 9.52. The van der Waals surface area contributed by atoms with E-state index in [2.05, 4.69) is 25.4 Å². The van der Waals surface area contributed by atoms with Crippen molar-refractivity contribution < 1.29 is 13.9 Å². The zero-order valence-corrected chi connectivity index (χ0v) is 19.1. The number of ether oxygens (including phenoxy) is 1. The molecular formula is C25H26BrFN2O2. The molecule has 3 unspecified atom stereocenters. The van der Waals surface area contributed by atoms with E-state index < -0.39 is 0 Å². The molecule has 5 rings (SSSR count). The molecule has 2 bridgehead atoms. The van der Waals surface area contributed by atoms with Gasteiger partial charge in [0.2, 0.25) is 0 Å². The van der Waals surface area contributed by atoms with E-state index in [1.807, 2.05) is 24.4 Å². The number of rotatable bonds is 7. The van der Waals surface area contributed by atoms with Gasteiger partial charge in [0.25, 0.3) is 0 Å². The third-order valence-electron chi connectivity index (χ3n) is 6.77. The van der Waals surface area contributed by atoms with Crippen molar-refractivity contribution in [1.82, 2.24) is 9.47 Å². The van der Waals surface area contributed by atoms with Crippen LogP contribution in [0.25, 0.3) is 10.9 Å². The molecule has 0 saturated carbocycles. The highest BCUT2D eigenvalue weighted by Gasteiger charge is 2.47. The third-order valence-corrected chi connectivity index (χ3v) is 7.41. The molecule has 2 aromatic carbocycles. The molecule has 31 heavy (non-hydrogen) atoms. The molecule has 6 heteroatoms. The molecule has 0 spiro atoms. The quantitative estimate of drug-likeness (QED) is 0.396. The number of carbonyl (C=O) groups excluding carboxylic acids is 1. The van der Waals surface area contributed by atoms with Crippen LogP contribution in [0, 0.1) is 5.82 Å². The molecule has 2 saturated heterocycles. The van der Waals surface area contributed by atoms with Crippen LogP contribution in [0.1, 0.15) is 43.0 Å². The molecule has 0 aliphatic carbocycles. The van der Waals surface area contributed by atoms with Gasteiger partial charge in [0, 0.05) is 53.2 Å². The van der Waals surface area contributed by atoms with Crippen LogP contribution in [0.2, 0.25) is 0 Å². The number of ketones is 1. The first kappa shape index (κ1) is 20.7. The number of Topliss-reactive ketones (excluding diaryl/α,β-unsaturated/α-hetero) is 1. The maximum Gasteiger partial charge on any atom is 0.161 e. The number of nitrogens with zero attached hydrogens (tertiary/aromatic N) is 2. The second-order valence-electron chi connectivity index (χ2n) is 8.66. The van der Waals surface area contributed by atoms with Crippen molar-refractivity contribution in [3.63, 3.8) is 0 Å². The van der Waals surface area contributed by atoms with Crippen LogP contribution in [-0.4, -0.2) is 40.0 Å². The van der Waals surface area contributed by atoms with Gasteiger partial charge >= 0.3 is 0 Å². The van der Waals surface area contributed by atoms with E-state index in [4.69, 9.17) is 4.74 Å². The van der Waals surface area contributed by atoms with Crippen molar-refractivity contribution >= 4 is 32.6 Å². The van der Waals surface area contributed by atoms with Crippen molar-refractivity contribution in [2.75, 3.05) is 6.54 Å². The molecule has 3 heterocycles. The van der Waals surface area contributed by atoms with E-state index in [0.717, 1.165) is 59.0 Å². The molecule has 3 atom stereocenters. The number of para-hydroxylation sites is 1. The molecule has 2 aliphatic rings. The minimum atomic E-state index is -0.237. The predicted octanol–water partition coefficient (Wildman–Crippen LogP) is 5.82. The molecule has 0 amide bonds. The zero-order chi connectivity index (χ0) is 21.5. The maximum absolute atomic E-state index is 13.2. The summed E-state index contributed by atoms with van der Waals surface area (Å²) < 4.78 is 22.6. The number of aromatic nitrogens is 1. The maximum atomic E-state index is 13.2. The van der Waals surface area contributed by atoms with Crippen molar-refractivity contribution in [2.45, 2.75) is 57.3 Å². The normalized spacial score (nSPS) is 23.0. The number of fused-ring (bicyclic) bond motifs is 3. The Labute approximate surface area is 190 Å². The summed E-state index contributed by atoms with van der Waals surface area (Å²) in [5, 5.41) is 1.01.